The fourth-order valence-corrected chi connectivity index (χ4v) is 1.75. The zero-order chi connectivity index (χ0) is 13.9. The van der Waals surface area contributed by atoms with E-state index in [1.165, 1.54) is 0 Å². The topological polar surface area (TPSA) is 61.4 Å². The first-order valence-electron chi connectivity index (χ1n) is 6.11. The number of benzene rings is 1. The number of hydrogen-bond acceptors (Lipinski definition) is 2. The monoisotopic (exact) mass is 270 g/mol. The maximum atomic E-state index is 13.3. The molecule has 104 valence electrons. The number of carbonyl (C=O) groups is 1. The van der Waals surface area contributed by atoms with E-state index in [0.717, 1.165) is 31.0 Å². The van der Waals surface area contributed by atoms with E-state index in [2.05, 4.69) is 10.6 Å². The normalized spacial score (nSPS) is 15.9. The molecule has 0 heterocycles. The number of hydrogen-bond donors (Lipinski definition) is 3. The lowest BCUT2D eigenvalue weighted by atomic mass is 10.1. The Morgan fingerprint density at radius 3 is 2.68 bits per heavy atom. The van der Waals surface area contributed by atoms with Crippen LogP contribution in [0.5, 0.6) is 0 Å². The van der Waals surface area contributed by atoms with Crippen molar-refractivity contribution in [2.24, 2.45) is 5.41 Å². The summed E-state index contributed by atoms with van der Waals surface area (Å²) in [5, 5.41) is 14.1. The van der Waals surface area contributed by atoms with Gasteiger partial charge in [-0.15, -0.1) is 0 Å². The van der Waals surface area contributed by atoms with E-state index in [1.54, 1.807) is 0 Å². The average Bonchev–Trinajstić information content (AvgIpc) is 3.18. The third-order valence-corrected chi connectivity index (χ3v) is 3.36. The van der Waals surface area contributed by atoms with Gasteiger partial charge in [0.1, 0.15) is 11.6 Å². The summed E-state index contributed by atoms with van der Waals surface area (Å²) in [7, 11) is 0. The smallest absolute Gasteiger partial charge is 0.315 e. The molecule has 0 radical (unpaired) electrons. The van der Waals surface area contributed by atoms with Crippen LogP contribution in [0.3, 0.4) is 0 Å². The molecule has 0 spiro atoms. The second-order valence-corrected chi connectivity index (χ2v) is 4.93. The highest BCUT2D eigenvalue weighted by Gasteiger charge is 2.42. The SMILES string of the molecule is O=C(NCc1cc(F)ccc1F)NCC1(CO)CC1. The van der Waals surface area contributed by atoms with E-state index >= 15 is 0 Å². The van der Waals surface area contributed by atoms with Crippen molar-refractivity contribution >= 4 is 6.03 Å². The highest BCUT2D eigenvalue weighted by Crippen LogP contribution is 2.44. The molecule has 1 saturated carbocycles. The van der Waals surface area contributed by atoms with Crippen LogP contribution in [-0.4, -0.2) is 24.3 Å². The van der Waals surface area contributed by atoms with Crippen molar-refractivity contribution < 1.29 is 18.7 Å². The predicted octanol–water partition coefficient (Wildman–Crippen LogP) is 1.54. The fraction of sp³-hybridized carbons (Fsp3) is 0.462. The van der Waals surface area contributed by atoms with Crippen molar-refractivity contribution in [2.45, 2.75) is 19.4 Å². The minimum atomic E-state index is -0.560. The Morgan fingerprint density at radius 1 is 1.32 bits per heavy atom. The minimum Gasteiger partial charge on any atom is -0.396 e. The quantitative estimate of drug-likeness (QED) is 0.760. The predicted molar refractivity (Wildman–Crippen MR) is 65.3 cm³/mol. The minimum absolute atomic E-state index is 0.0474. The van der Waals surface area contributed by atoms with Crippen LogP contribution in [0.2, 0.25) is 0 Å². The van der Waals surface area contributed by atoms with E-state index in [-0.39, 0.29) is 24.1 Å². The first-order chi connectivity index (χ1) is 9.04. The number of rotatable bonds is 5. The van der Waals surface area contributed by atoms with Crippen LogP contribution in [0.4, 0.5) is 13.6 Å². The van der Waals surface area contributed by atoms with Gasteiger partial charge in [0.25, 0.3) is 0 Å². The van der Waals surface area contributed by atoms with Gasteiger partial charge in [-0.05, 0) is 31.0 Å². The fourth-order valence-electron chi connectivity index (χ4n) is 1.75. The standard InChI is InChI=1S/C13H16F2N2O2/c14-10-1-2-11(15)9(5-10)6-16-12(19)17-7-13(8-18)3-4-13/h1-2,5,18H,3-4,6-8H2,(H2,16,17,19). The van der Waals surface area contributed by atoms with Crippen molar-refractivity contribution in [3.63, 3.8) is 0 Å². The number of urea groups is 1. The molecule has 6 heteroatoms. The number of amides is 2. The van der Waals surface area contributed by atoms with Crippen molar-refractivity contribution in [3.8, 4) is 0 Å². The molecule has 2 amide bonds. The van der Waals surface area contributed by atoms with Crippen molar-refractivity contribution in [2.75, 3.05) is 13.2 Å². The van der Waals surface area contributed by atoms with Gasteiger partial charge in [0.2, 0.25) is 0 Å². The van der Waals surface area contributed by atoms with E-state index in [9.17, 15) is 13.6 Å². The van der Waals surface area contributed by atoms with Gasteiger partial charge in [-0.2, -0.15) is 0 Å². The highest BCUT2D eigenvalue weighted by molar-refractivity contribution is 5.73. The number of aliphatic hydroxyl groups is 1. The second-order valence-electron chi connectivity index (χ2n) is 4.93. The summed E-state index contributed by atoms with van der Waals surface area (Å²) in [5.41, 5.74) is -0.0833. The number of halogens is 2. The summed E-state index contributed by atoms with van der Waals surface area (Å²) in [6.07, 6.45) is 1.78. The molecule has 1 aliphatic carbocycles. The highest BCUT2D eigenvalue weighted by atomic mass is 19.1. The molecule has 0 aliphatic heterocycles. The van der Waals surface area contributed by atoms with E-state index in [4.69, 9.17) is 5.11 Å². The van der Waals surface area contributed by atoms with E-state index in [1.807, 2.05) is 0 Å². The average molecular weight is 270 g/mol. The van der Waals surface area contributed by atoms with E-state index in [0.29, 0.717) is 6.54 Å². The van der Waals surface area contributed by atoms with Crippen LogP contribution in [0, 0.1) is 17.0 Å². The summed E-state index contributed by atoms with van der Waals surface area (Å²) in [5.74, 6) is -1.11. The maximum absolute atomic E-state index is 13.3. The molecular weight excluding hydrogens is 254 g/mol. The van der Waals surface area contributed by atoms with Gasteiger partial charge in [0.15, 0.2) is 0 Å². The Kier molecular flexibility index (Phi) is 3.99. The molecule has 0 bridgehead atoms. The van der Waals surface area contributed by atoms with Gasteiger partial charge >= 0.3 is 6.03 Å². The molecule has 0 atom stereocenters. The third-order valence-electron chi connectivity index (χ3n) is 3.36. The number of carbonyl (C=O) groups excluding carboxylic acids is 1. The summed E-state index contributed by atoms with van der Waals surface area (Å²) < 4.78 is 26.2. The molecule has 1 aliphatic rings. The summed E-state index contributed by atoms with van der Waals surface area (Å²) >= 11 is 0. The van der Waals surface area contributed by atoms with Gasteiger partial charge in [0, 0.05) is 24.1 Å². The first kappa shape index (κ1) is 13.7. The van der Waals surface area contributed by atoms with Crippen LogP contribution in [0.25, 0.3) is 0 Å². The first-order valence-corrected chi connectivity index (χ1v) is 6.11. The summed E-state index contributed by atoms with van der Waals surface area (Å²) in [4.78, 5) is 11.5. The summed E-state index contributed by atoms with van der Waals surface area (Å²) in [6.45, 7) is 0.355. The molecule has 2 rings (SSSR count). The lowest BCUT2D eigenvalue weighted by Crippen LogP contribution is -2.39. The van der Waals surface area contributed by atoms with Gasteiger partial charge < -0.3 is 15.7 Å². The lowest BCUT2D eigenvalue weighted by Gasteiger charge is -2.13. The molecular formula is C13H16F2N2O2. The van der Waals surface area contributed by atoms with Crippen molar-refractivity contribution in [3.05, 3.63) is 35.4 Å². The second kappa shape index (κ2) is 5.52. The molecule has 3 N–H and O–H groups in total. The zero-order valence-electron chi connectivity index (χ0n) is 10.4. The molecule has 19 heavy (non-hydrogen) atoms. The van der Waals surface area contributed by atoms with E-state index < -0.39 is 17.7 Å². The zero-order valence-corrected chi connectivity index (χ0v) is 10.4. The Morgan fingerprint density at radius 2 is 2.05 bits per heavy atom. The third kappa shape index (κ3) is 3.64. The molecule has 1 aromatic rings. The number of nitrogens with one attached hydrogen (secondary N) is 2. The molecule has 0 aromatic heterocycles. The Bertz CT molecular complexity index is 476. The van der Waals surface area contributed by atoms with Crippen LogP contribution < -0.4 is 10.6 Å². The van der Waals surface area contributed by atoms with Crippen LogP contribution in [0.15, 0.2) is 18.2 Å². The summed E-state index contributed by atoms with van der Waals surface area (Å²) in [6, 6.07) is 2.64. The van der Waals surface area contributed by atoms with Gasteiger partial charge in [-0.3, -0.25) is 0 Å². The van der Waals surface area contributed by atoms with Crippen LogP contribution in [0.1, 0.15) is 18.4 Å². The molecule has 4 nitrogen and oxygen atoms in total. The lowest BCUT2D eigenvalue weighted by molar-refractivity contribution is 0.203. The van der Waals surface area contributed by atoms with Crippen LogP contribution >= 0.6 is 0 Å². The Hall–Kier alpha value is -1.69. The molecule has 0 unspecified atom stereocenters. The number of aliphatic hydroxyl groups excluding tert-OH is 1. The Balaban J connectivity index is 1.78. The molecule has 1 aromatic carbocycles. The largest absolute Gasteiger partial charge is 0.396 e. The van der Waals surface area contributed by atoms with Gasteiger partial charge in [0.05, 0.1) is 6.61 Å². The molecule has 0 saturated heterocycles. The molecule has 1 fully saturated rings. The maximum Gasteiger partial charge on any atom is 0.315 e. The van der Waals surface area contributed by atoms with Crippen LogP contribution in [-0.2, 0) is 6.54 Å². The van der Waals surface area contributed by atoms with Crippen molar-refractivity contribution in [1.29, 1.82) is 0 Å². The van der Waals surface area contributed by atoms with Gasteiger partial charge in [-0.25, -0.2) is 13.6 Å². The van der Waals surface area contributed by atoms with Crippen molar-refractivity contribution in [1.82, 2.24) is 10.6 Å². The Labute approximate surface area is 109 Å². The van der Waals surface area contributed by atoms with Gasteiger partial charge in [-0.1, -0.05) is 0 Å².